The van der Waals surface area contributed by atoms with Crippen molar-refractivity contribution < 1.29 is 9.18 Å². The Balaban J connectivity index is 1.55. The second-order valence-electron chi connectivity index (χ2n) is 5.48. The number of halogens is 1. The zero-order chi connectivity index (χ0) is 18.4. The van der Waals surface area contributed by atoms with E-state index in [9.17, 15) is 9.18 Å². The van der Waals surface area contributed by atoms with Crippen LogP contribution >= 0.6 is 12.2 Å². The lowest BCUT2D eigenvalue weighted by Crippen LogP contribution is -2.34. The number of rotatable bonds is 4. The molecule has 4 nitrogen and oxygen atoms in total. The van der Waals surface area contributed by atoms with Crippen LogP contribution in [-0.2, 0) is 0 Å². The molecule has 3 aromatic carbocycles. The lowest BCUT2D eigenvalue weighted by Gasteiger charge is -2.11. The normalized spacial score (nSPS) is 10.0. The van der Waals surface area contributed by atoms with E-state index >= 15 is 0 Å². The summed E-state index contributed by atoms with van der Waals surface area (Å²) in [6.07, 6.45) is 0. The maximum absolute atomic E-state index is 12.9. The molecule has 26 heavy (non-hydrogen) atoms. The average Bonchev–Trinajstić information content (AvgIpc) is 2.64. The first-order valence-electron chi connectivity index (χ1n) is 7.90. The summed E-state index contributed by atoms with van der Waals surface area (Å²) in [6, 6.07) is 22.6. The molecule has 0 saturated heterocycles. The van der Waals surface area contributed by atoms with Gasteiger partial charge in [0, 0.05) is 22.6 Å². The Labute approximate surface area is 156 Å². The van der Waals surface area contributed by atoms with Crippen molar-refractivity contribution in [2.75, 3.05) is 10.6 Å². The van der Waals surface area contributed by atoms with Crippen LogP contribution in [-0.4, -0.2) is 11.0 Å². The molecule has 6 heteroatoms. The monoisotopic (exact) mass is 365 g/mol. The van der Waals surface area contributed by atoms with Crippen LogP contribution in [0.15, 0.2) is 78.9 Å². The van der Waals surface area contributed by atoms with Gasteiger partial charge in [0.15, 0.2) is 5.11 Å². The van der Waals surface area contributed by atoms with E-state index in [1.54, 1.807) is 0 Å². The van der Waals surface area contributed by atoms with Crippen LogP contribution in [0.3, 0.4) is 0 Å². The number of anilines is 3. The Hall–Kier alpha value is -3.25. The van der Waals surface area contributed by atoms with Crippen molar-refractivity contribution in [3.8, 4) is 0 Å². The Morgan fingerprint density at radius 3 is 2.00 bits per heavy atom. The van der Waals surface area contributed by atoms with Crippen LogP contribution in [0.2, 0.25) is 0 Å². The lowest BCUT2D eigenvalue weighted by molar-refractivity contribution is 0.0977. The molecule has 0 fully saturated rings. The summed E-state index contributed by atoms with van der Waals surface area (Å²) in [6.45, 7) is 0. The first kappa shape index (κ1) is 17.6. The molecule has 0 aliphatic heterocycles. The fourth-order valence-corrected chi connectivity index (χ4v) is 2.47. The molecule has 3 N–H and O–H groups in total. The molecule has 3 aromatic rings. The van der Waals surface area contributed by atoms with Gasteiger partial charge in [-0.25, -0.2) is 4.39 Å². The Bertz CT molecular complexity index is 897. The van der Waals surface area contributed by atoms with Crippen molar-refractivity contribution in [2.45, 2.75) is 0 Å². The van der Waals surface area contributed by atoms with Gasteiger partial charge in [0.25, 0.3) is 5.91 Å². The van der Waals surface area contributed by atoms with Crippen molar-refractivity contribution in [2.24, 2.45) is 0 Å². The number of thiocarbonyl (C=S) groups is 1. The number of carbonyl (C=O) groups excluding carboxylic acids is 1. The first-order valence-corrected chi connectivity index (χ1v) is 8.31. The highest BCUT2D eigenvalue weighted by Crippen LogP contribution is 2.18. The minimum Gasteiger partial charge on any atom is -0.356 e. The fraction of sp³-hybridized carbons (Fsp3) is 0. The summed E-state index contributed by atoms with van der Waals surface area (Å²) in [7, 11) is 0. The van der Waals surface area contributed by atoms with E-state index in [0.717, 1.165) is 17.1 Å². The van der Waals surface area contributed by atoms with Crippen LogP contribution in [0.4, 0.5) is 21.5 Å². The van der Waals surface area contributed by atoms with Gasteiger partial charge in [0.05, 0.1) is 0 Å². The summed E-state index contributed by atoms with van der Waals surface area (Å²) in [5.74, 6) is -0.795. The minimum atomic E-state index is -0.398. The van der Waals surface area contributed by atoms with Crippen LogP contribution in [0.5, 0.6) is 0 Å². The molecule has 0 aliphatic rings. The molecule has 0 bridgehead atoms. The van der Waals surface area contributed by atoms with E-state index in [2.05, 4.69) is 16.0 Å². The summed E-state index contributed by atoms with van der Waals surface area (Å²) in [4.78, 5) is 12.0. The van der Waals surface area contributed by atoms with Crippen molar-refractivity contribution >= 4 is 40.3 Å². The molecule has 0 radical (unpaired) electrons. The van der Waals surface area contributed by atoms with Gasteiger partial charge < -0.3 is 10.6 Å². The highest BCUT2D eigenvalue weighted by atomic mass is 32.1. The number of benzene rings is 3. The molecular weight excluding hydrogens is 349 g/mol. The number of para-hydroxylation sites is 1. The van der Waals surface area contributed by atoms with Gasteiger partial charge in [-0.15, -0.1) is 0 Å². The zero-order valence-electron chi connectivity index (χ0n) is 13.7. The van der Waals surface area contributed by atoms with Crippen molar-refractivity contribution in [1.29, 1.82) is 0 Å². The zero-order valence-corrected chi connectivity index (χ0v) is 14.5. The second kappa shape index (κ2) is 8.22. The summed E-state index contributed by atoms with van der Waals surface area (Å²) < 4.78 is 12.9. The van der Waals surface area contributed by atoms with Gasteiger partial charge in [-0.1, -0.05) is 18.2 Å². The Kier molecular flexibility index (Phi) is 5.56. The molecular formula is C20H16FN3OS. The lowest BCUT2D eigenvalue weighted by atomic mass is 10.2. The quantitative estimate of drug-likeness (QED) is 0.587. The largest absolute Gasteiger partial charge is 0.356 e. The number of hydrogen-bond donors (Lipinski definition) is 3. The third-order valence-electron chi connectivity index (χ3n) is 3.54. The molecule has 130 valence electrons. The number of carbonyl (C=O) groups is 1. The molecule has 0 aromatic heterocycles. The second-order valence-corrected chi connectivity index (χ2v) is 5.89. The fourth-order valence-electron chi connectivity index (χ4n) is 2.26. The van der Waals surface area contributed by atoms with E-state index in [-0.39, 0.29) is 5.11 Å². The van der Waals surface area contributed by atoms with Gasteiger partial charge in [0.1, 0.15) is 5.82 Å². The van der Waals surface area contributed by atoms with E-state index in [1.165, 1.54) is 24.3 Å². The molecule has 0 atom stereocenters. The highest BCUT2D eigenvalue weighted by molar-refractivity contribution is 7.80. The summed E-state index contributed by atoms with van der Waals surface area (Å²) in [5.41, 5.74) is 3.00. The molecule has 0 spiro atoms. The van der Waals surface area contributed by atoms with Crippen LogP contribution < -0.4 is 16.0 Å². The predicted molar refractivity (Wildman–Crippen MR) is 106 cm³/mol. The maximum Gasteiger partial charge on any atom is 0.257 e. The van der Waals surface area contributed by atoms with Gasteiger partial charge in [-0.3, -0.25) is 10.1 Å². The molecule has 0 saturated carbocycles. The Morgan fingerprint density at radius 1 is 0.769 bits per heavy atom. The third kappa shape index (κ3) is 4.87. The van der Waals surface area contributed by atoms with Crippen LogP contribution in [0.25, 0.3) is 0 Å². The average molecular weight is 365 g/mol. The predicted octanol–water partition coefficient (Wildman–Crippen LogP) is 4.70. The van der Waals surface area contributed by atoms with Gasteiger partial charge >= 0.3 is 0 Å². The molecule has 0 unspecified atom stereocenters. The molecule has 0 aliphatic carbocycles. The van der Waals surface area contributed by atoms with Gasteiger partial charge in [-0.2, -0.15) is 0 Å². The summed E-state index contributed by atoms with van der Waals surface area (Å²) in [5, 5.41) is 8.96. The summed E-state index contributed by atoms with van der Waals surface area (Å²) >= 11 is 5.14. The number of hydrogen-bond acceptors (Lipinski definition) is 3. The van der Waals surface area contributed by atoms with E-state index in [0.29, 0.717) is 5.56 Å². The van der Waals surface area contributed by atoms with Crippen molar-refractivity contribution in [3.05, 3.63) is 90.2 Å². The van der Waals surface area contributed by atoms with E-state index in [4.69, 9.17) is 12.2 Å². The smallest absolute Gasteiger partial charge is 0.257 e. The van der Waals surface area contributed by atoms with E-state index in [1.807, 2.05) is 54.6 Å². The number of nitrogens with one attached hydrogen (secondary N) is 3. The van der Waals surface area contributed by atoms with Crippen LogP contribution in [0.1, 0.15) is 10.4 Å². The standard InChI is InChI=1S/C20H16FN3OS/c21-15-8-6-14(7-9-15)19(25)24-20(26)23-18-12-10-17(11-13-18)22-16-4-2-1-3-5-16/h1-13,22H,(H2,23,24,25,26). The van der Waals surface area contributed by atoms with Gasteiger partial charge in [0.2, 0.25) is 0 Å². The first-order chi connectivity index (χ1) is 12.6. The van der Waals surface area contributed by atoms with Gasteiger partial charge in [-0.05, 0) is 72.9 Å². The third-order valence-corrected chi connectivity index (χ3v) is 3.74. The van der Waals surface area contributed by atoms with E-state index < -0.39 is 11.7 Å². The van der Waals surface area contributed by atoms with Crippen molar-refractivity contribution in [3.63, 3.8) is 0 Å². The molecule has 0 heterocycles. The van der Waals surface area contributed by atoms with Crippen molar-refractivity contribution in [1.82, 2.24) is 5.32 Å². The van der Waals surface area contributed by atoms with Crippen LogP contribution in [0, 0.1) is 5.82 Å². The highest BCUT2D eigenvalue weighted by Gasteiger charge is 2.08. The maximum atomic E-state index is 12.9. The molecule has 3 rings (SSSR count). The molecule has 1 amide bonds. The minimum absolute atomic E-state index is 0.170. The number of amides is 1. The topological polar surface area (TPSA) is 53.2 Å². The SMILES string of the molecule is O=C(NC(=S)Nc1ccc(Nc2ccccc2)cc1)c1ccc(F)cc1. The Morgan fingerprint density at radius 2 is 1.35 bits per heavy atom.